The van der Waals surface area contributed by atoms with Gasteiger partial charge in [0.25, 0.3) is 8.32 Å². The maximum Gasteiger partial charge on any atom is 0.313 e. The highest BCUT2D eigenvalue weighted by Crippen LogP contribution is 2.27. The molecule has 0 bridgehead atoms. The van der Waals surface area contributed by atoms with E-state index in [2.05, 4.69) is 0 Å². The van der Waals surface area contributed by atoms with Gasteiger partial charge in [0.05, 0.1) is 0 Å². The average Bonchev–Trinajstić information content (AvgIpc) is 2.15. The van der Waals surface area contributed by atoms with Gasteiger partial charge in [0.2, 0.25) is 0 Å². The Morgan fingerprint density at radius 1 is 1.06 bits per heavy atom. The summed E-state index contributed by atoms with van der Waals surface area (Å²) in [6.45, 7) is 6.02. The van der Waals surface area contributed by atoms with Gasteiger partial charge in [0, 0.05) is 0 Å². The third-order valence-corrected chi connectivity index (χ3v) is 8.21. The van der Waals surface area contributed by atoms with Crippen LogP contribution >= 0.6 is 0 Å². The van der Waals surface area contributed by atoms with Gasteiger partial charge >= 0.3 is 16.2 Å². The van der Waals surface area contributed by atoms with Gasteiger partial charge in [-0.15, -0.1) is 3.89 Å². The number of halogens is 1. The van der Waals surface area contributed by atoms with Gasteiger partial charge in [-0.25, -0.2) is 0 Å². The van der Waals surface area contributed by atoms with Crippen LogP contribution < -0.4 is 0 Å². The molecule has 0 aromatic rings. The lowest BCUT2D eigenvalue weighted by Gasteiger charge is -2.30. The zero-order chi connectivity index (χ0) is 14.2. The van der Waals surface area contributed by atoms with Crippen LogP contribution in [0.4, 0.5) is 3.89 Å². The largest absolute Gasteiger partial charge is 0.518 e. The third-order valence-electron chi connectivity index (χ3n) is 2.74. The van der Waals surface area contributed by atoms with E-state index < -0.39 is 30.3 Å². The Labute approximate surface area is 110 Å². The quantitative estimate of drug-likeness (QED) is 0.485. The first kappa shape index (κ1) is 17.6. The Hall–Kier alpha value is -0.433. The molecule has 0 aliphatic rings. The highest BCUT2D eigenvalue weighted by molar-refractivity contribution is 7.87. The molecule has 0 saturated carbocycles. The molecule has 0 unspecified atom stereocenters. The van der Waals surface area contributed by atoms with Gasteiger partial charge in [0.1, 0.15) is 0 Å². The first-order valence-electron chi connectivity index (χ1n) is 6.42. The fraction of sp³-hybridized carbons (Fsp3) is 0.909. The first-order valence-corrected chi connectivity index (χ1v) is 10.5. The molecule has 0 aromatic carbocycles. The summed E-state index contributed by atoms with van der Waals surface area (Å²) in [6, 6.07) is 2.44. The van der Waals surface area contributed by atoms with Crippen molar-refractivity contribution in [2.24, 2.45) is 0 Å². The monoisotopic (exact) mass is 298 g/mol. The fourth-order valence-electron chi connectivity index (χ4n) is 2.31. The number of carbonyl (C=O) groups excluding carboxylic acids is 1. The zero-order valence-electron chi connectivity index (χ0n) is 11.4. The van der Waals surface area contributed by atoms with Crippen molar-refractivity contribution in [3.63, 3.8) is 0 Å². The van der Waals surface area contributed by atoms with Crippen molar-refractivity contribution in [1.29, 1.82) is 0 Å². The van der Waals surface area contributed by atoms with Crippen LogP contribution in [-0.4, -0.2) is 28.5 Å². The van der Waals surface area contributed by atoms with E-state index >= 15 is 0 Å². The van der Waals surface area contributed by atoms with Crippen molar-refractivity contribution in [3.8, 4) is 0 Å². The number of hydrogen-bond acceptors (Lipinski definition) is 4. The molecule has 0 amide bonds. The van der Waals surface area contributed by atoms with Gasteiger partial charge in [-0.2, -0.15) is 8.42 Å². The second-order valence-corrected chi connectivity index (χ2v) is 10.0. The standard InChI is InChI=1S/C11H23FO4SSi/c1-4-7-18(8-5-2,9-6-3)16-11(13)10-17(12,14)15/h4-10H2,1-3H3. The van der Waals surface area contributed by atoms with Crippen LogP contribution in [-0.2, 0) is 19.4 Å². The number of rotatable bonds is 9. The summed E-state index contributed by atoms with van der Waals surface area (Å²) in [5.74, 6) is -2.08. The Balaban J connectivity index is 4.79. The normalized spacial score (nSPS) is 12.4. The summed E-state index contributed by atoms with van der Waals surface area (Å²) in [6.07, 6.45) is 2.67. The summed E-state index contributed by atoms with van der Waals surface area (Å²) in [7, 11) is -7.03. The molecule has 108 valence electrons. The maximum atomic E-state index is 12.5. The van der Waals surface area contributed by atoms with Gasteiger partial charge in [-0.05, 0) is 18.1 Å². The van der Waals surface area contributed by atoms with Crippen molar-refractivity contribution in [2.75, 3.05) is 5.75 Å². The molecule has 0 spiro atoms. The Morgan fingerprint density at radius 2 is 1.44 bits per heavy atom. The Kier molecular flexibility index (Phi) is 7.69. The van der Waals surface area contributed by atoms with Crippen LogP contribution in [0.1, 0.15) is 40.0 Å². The minimum absolute atomic E-state index is 0.812. The molecule has 4 nitrogen and oxygen atoms in total. The second kappa shape index (κ2) is 7.88. The Morgan fingerprint density at radius 3 is 1.72 bits per heavy atom. The van der Waals surface area contributed by atoms with Crippen molar-refractivity contribution in [2.45, 2.75) is 58.2 Å². The highest BCUT2D eigenvalue weighted by atomic mass is 32.3. The van der Waals surface area contributed by atoms with Crippen molar-refractivity contribution < 1.29 is 21.5 Å². The third kappa shape index (κ3) is 7.10. The van der Waals surface area contributed by atoms with E-state index in [0.717, 1.165) is 37.4 Å². The molecular formula is C11H23FO4SSi. The van der Waals surface area contributed by atoms with Gasteiger partial charge in [-0.1, -0.05) is 40.0 Å². The molecule has 0 saturated heterocycles. The molecule has 0 rings (SSSR count). The number of hydrogen-bond donors (Lipinski definition) is 0. The minimum atomic E-state index is -4.79. The highest BCUT2D eigenvalue weighted by Gasteiger charge is 2.36. The average molecular weight is 298 g/mol. The second-order valence-electron chi connectivity index (χ2n) is 4.59. The molecule has 0 radical (unpaired) electrons. The summed E-state index contributed by atoms with van der Waals surface area (Å²) in [5, 5.41) is 0. The molecule has 0 fully saturated rings. The van der Waals surface area contributed by atoms with E-state index in [4.69, 9.17) is 4.43 Å². The summed E-state index contributed by atoms with van der Waals surface area (Å²) < 4.78 is 38.8. The SMILES string of the molecule is CCC[Si](CCC)(CCC)OC(=O)CS(=O)(=O)F. The predicted molar refractivity (Wildman–Crippen MR) is 72.0 cm³/mol. The molecule has 0 N–H and O–H groups in total. The van der Waals surface area contributed by atoms with Crippen molar-refractivity contribution in [3.05, 3.63) is 0 Å². The zero-order valence-corrected chi connectivity index (χ0v) is 13.2. The van der Waals surface area contributed by atoms with Gasteiger partial charge < -0.3 is 4.43 Å². The molecule has 7 heteroatoms. The summed E-state index contributed by atoms with van der Waals surface area (Å²) >= 11 is 0. The predicted octanol–water partition coefficient (Wildman–Crippen LogP) is 3.00. The van der Waals surface area contributed by atoms with E-state index in [-0.39, 0.29) is 0 Å². The molecule has 0 heterocycles. The molecule has 0 aliphatic carbocycles. The van der Waals surface area contributed by atoms with Crippen molar-refractivity contribution >= 4 is 24.5 Å². The van der Waals surface area contributed by atoms with Crippen LogP contribution in [0.2, 0.25) is 18.1 Å². The lowest BCUT2D eigenvalue weighted by molar-refractivity contribution is -0.132. The number of carbonyl (C=O) groups is 1. The topological polar surface area (TPSA) is 60.4 Å². The van der Waals surface area contributed by atoms with E-state index in [1.807, 2.05) is 20.8 Å². The van der Waals surface area contributed by atoms with Crippen LogP contribution in [0, 0.1) is 0 Å². The van der Waals surface area contributed by atoms with Gasteiger partial charge in [0.15, 0.2) is 5.75 Å². The molecule has 0 aromatic heterocycles. The van der Waals surface area contributed by atoms with Crippen LogP contribution in [0.25, 0.3) is 0 Å². The molecule has 0 aliphatic heterocycles. The minimum Gasteiger partial charge on any atom is -0.518 e. The lowest BCUT2D eigenvalue weighted by atomic mass is 10.6. The van der Waals surface area contributed by atoms with Crippen LogP contribution in [0.15, 0.2) is 0 Å². The summed E-state index contributed by atoms with van der Waals surface area (Å²) in [4.78, 5) is 11.5. The molecule has 18 heavy (non-hydrogen) atoms. The van der Waals surface area contributed by atoms with E-state index in [9.17, 15) is 17.1 Å². The maximum absolute atomic E-state index is 12.5. The van der Waals surface area contributed by atoms with E-state index in [0.29, 0.717) is 0 Å². The van der Waals surface area contributed by atoms with Gasteiger partial charge in [-0.3, -0.25) is 4.79 Å². The lowest BCUT2D eigenvalue weighted by Crippen LogP contribution is -2.41. The van der Waals surface area contributed by atoms with E-state index in [1.165, 1.54) is 0 Å². The Bertz CT molecular complexity index is 339. The van der Waals surface area contributed by atoms with Crippen LogP contribution in [0.3, 0.4) is 0 Å². The molecule has 0 atom stereocenters. The fourth-order valence-corrected chi connectivity index (χ4v) is 7.10. The van der Waals surface area contributed by atoms with Crippen molar-refractivity contribution in [1.82, 2.24) is 0 Å². The van der Waals surface area contributed by atoms with E-state index in [1.54, 1.807) is 0 Å². The molecular weight excluding hydrogens is 275 g/mol. The smallest absolute Gasteiger partial charge is 0.313 e. The van der Waals surface area contributed by atoms with Crippen LogP contribution in [0.5, 0.6) is 0 Å². The first-order chi connectivity index (χ1) is 8.28. The summed E-state index contributed by atoms with van der Waals surface area (Å²) in [5.41, 5.74) is 0.